The number of rotatable bonds is 7. The number of hydrogen-bond donors (Lipinski definition) is 1. The van der Waals surface area contributed by atoms with Crippen molar-refractivity contribution in [1.82, 2.24) is 5.43 Å². The molecule has 1 N–H and O–H groups in total. The summed E-state index contributed by atoms with van der Waals surface area (Å²) in [6.45, 7) is 0.254. The quantitative estimate of drug-likeness (QED) is 0.366. The van der Waals surface area contributed by atoms with Gasteiger partial charge in [0.2, 0.25) is 0 Å². The Kier molecular flexibility index (Phi) is 7.27. The lowest BCUT2D eigenvalue weighted by Gasteiger charge is -2.11. The minimum Gasteiger partial charge on any atom is -0.497 e. The topological polar surface area (TPSA) is 59.9 Å². The summed E-state index contributed by atoms with van der Waals surface area (Å²) in [6, 6.07) is 19.9. The van der Waals surface area contributed by atoms with Crippen molar-refractivity contribution in [3.8, 4) is 11.5 Å². The maximum absolute atomic E-state index is 12.6. The Bertz CT molecular complexity index is 1040. The number of benzene rings is 3. The van der Waals surface area contributed by atoms with Gasteiger partial charge >= 0.3 is 0 Å². The molecule has 0 aliphatic rings. The third-order valence-electron chi connectivity index (χ3n) is 4.05. The molecule has 29 heavy (non-hydrogen) atoms. The minimum atomic E-state index is -0.380. The molecule has 0 atom stereocenters. The summed E-state index contributed by atoms with van der Waals surface area (Å²) < 4.78 is 11.8. The largest absolute Gasteiger partial charge is 0.497 e. The molecule has 3 rings (SSSR count). The van der Waals surface area contributed by atoms with Crippen LogP contribution in [0.5, 0.6) is 11.5 Å². The van der Waals surface area contributed by atoms with Gasteiger partial charge < -0.3 is 9.47 Å². The number of ether oxygens (including phenoxy) is 2. The highest BCUT2D eigenvalue weighted by Crippen LogP contribution is 2.23. The third-order valence-corrected chi connectivity index (χ3v) is 5.14. The number of hydrazone groups is 1. The highest BCUT2D eigenvalue weighted by molar-refractivity contribution is 9.10. The van der Waals surface area contributed by atoms with Gasteiger partial charge in [-0.05, 0) is 36.4 Å². The molecule has 0 fully saturated rings. The van der Waals surface area contributed by atoms with Crippen LogP contribution in [0.15, 0.2) is 76.3 Å². The molecule has 0 saturated heterocycles. The number of nitrogens with one attached hydrogen (secondary N) is 1. The van der Waals surface area contributed by atoms with E-state index in [2.05, 4.69) is 26.5 Å². The van der Waals surface area contributed by atoms with Crippen LogP contribution >= 0.6 is 27.5 Å². The zero-order chi connectivity index (χ0) is 20.6. The van der Waals surface area contributed by atoms with E-state index < -0.39 is 0 Å². The molecule has 0 spiro atoms. The van der Waals surface area contributed by atoms with E-state index in [-0.39, 0.29) is 12.5 Å². The molecule has 0 aliphatic carbocycles. The standard InChI is InChI=1S/C22H18BrClN2O3/c1-28-17-10-11-19(23)16(12-17)13-25-26-22(27)18-7-3-5-9-21(18)29-14-15-6-2-4-8-20(15)24/h2-13H,14H2,1H3,(H,26,27)/b25-13+. The van der Waals surface area contributed by atoms with Gasteiger partial charge in [0.15, 0.2) is 0 Å². The van der Waals surface area contributed by atoms with E-state index in [1.807, 2.05) is 30.3 Å². The molecular formula is C22H18BrClN2O3. The van der Waals surface area contributed by atoms with Gasteiger partial charge in [0.05, 0.1) is 18.9 Å². The van der Waals surface area contributed by atoms with Crippen LogP contribution in [-0.2, 0) is 6.61 Å². The number of methoxy groups -OCH3 is 1. The van der Waals surface area contributed by atoms with E-state index in [0.717, 1.165) is 15.6 Å². The number of hydrogen-bond acceptors (Lipinski definition) is 4. The Morgan fingerprint density at radius 3 is 2.69 bits per heavy atom. The average Bonchev–Trinajstić information content (AvgIpc) is 2.74. The Morgan fingerprint density at radius 2 is 1.90 bits per heavy atom. The molecule has 148 valence electrons. The molecule has 3 aromatic rings. The first kappa shape index (κ1) is 20.9. The lowest BCUT2D eigenvalue weighted by atomic mass is 10.2. The van der Waals surface area contributed by atoms with E-state index >= 15 is 0 Å². The fraction of sp³-hybridized carbons (Fsp3) is 0.0909. The second-order valence-electron chi connectivity index (χ2n) is 5.96. The molecule has 3 aromatic carbocycles. The normalized spacial score (nSPS) is 10.7. The molecule has 1 amide bonds. The van der Waals surface area contributed by atoms with Crippen LogP contribution in [0.3, 0.4) is 0 Å². The Morgan fingerprint density at radius 1 is 1.14 bits per heavy atom. The van der Waals surface area contributed by atoms with Crippen molar-refractivity contribution in [3.63, 3.8) is 0 Å². The monoisotopic (exact) mass is 472 g/mol. The number of nitrogens with zero attached hydrogens (tertiary/aromatic N) is 1. The van der Waals surface area contributed by atoms with Gasteiger partial charge in [-0.25, -0.2) is 5.43 Å². The van der Waals surface area contributed by atoms with Crippen LogP contribution in [0.1, 0.15) is 21.5 Å². The van der Waals surface area contributed by atoms with Crippen LogP contribution in [0.4, 0.5) is 0 Å². The first-order valence-electron chi connectivity index (χ1n) is 8.70. The Hall–Kier alpha value is -2.83. The maximum Gasteiger partial charge on any atom is 0.275 e. The molecule has 0 aromatic heterocycles. The second-order valence-corrected chi connectivity index (χ2v) is 7.22. The van der Waals surface area contributed by atoms with Gasteiger partial charge in [-0.3, -0.25) is 4.79 Å². The average molecular weight is 474 g/mol. The van der Waals surface area contributed by atoms with Gasteiger partial charge in [-0.15, -0.1) is 0 Å². The van der Waals surface area contributed by atoms with Crippen LogP contribution in [-0.4, -0.2) is 19.2 Å². The molecule has 0 unspecified atom stereocenters. The summed E-state index contributed by atoms with van der Waals surface area (Å²) in [7, 11) is 1.59. The van der Waals surface area contributed by atoms with E-state index in [4.69, 9.17) is 21.1 Å². The molecule has 5 nitrogen and oxygen atoms in total. The zero-order valence-corrected chi connectivity index (χ0v) is 17.9. The summed E-state index contributed by atoms with van der Waals surface area (Å²) in [5.74, 6) is 0.761. The lowest BCUT2D eigenvalue weighted by Crippen LogP contribution is -2.18. The summed E-state index contributed by atoms with van der Waals surface area (Å²) in [6.07, 6.45) is 1.54. The molecule has 0 saturated carbocycles. The van der Waals surface area contributed by atoms with Gasteiger partial charge in [0.25, 0.3) is 5.91 Å². The van der Waals surface area contributed by atoms with Gasteiger partial charge in [0, 0.05) is 20.6 Å². The number of para-hydroxylation sites is 1. The third kappa shape index (κ3) is 5.59. The van der Waals surface area contributed by atoms with Crippen LogP contribution in [0.2, 0.25) is 5.02 Å². The van der Waals surface area contributed by atoms with Crippen LogP contribution < -0.4 is 14.9 Å². The van der Waals surface area contributed by atoms with Crippen molar-refractivity contribution in [2.75, 3.05) is 7.11 Å². The summed E-state index contributed by atoms with van der Waals surface area (Å²) in [5, 5.41) is 4.65. The van der Waals surface area contributed by atoms with E-state index in [0.29, 0.717) is 22.1 Å². The van der Waals surface area contributed by atoms with Crippen LogP contribution in [0, 0.1) is 0 Å². The second kappa shape index (κ2) is 10.1. The van der Waals surface area contributed by atoms with Crippen molar-refractivity contribution in [2.45, 2.75) is 6.61 Å². The van der Waals surface area contributed by atoms with E-state index in [1.54, 1.807) is 43.5 Å². The van der Waals surface area contributed by atoms with Crippen LogP contribution in [0.25, 0.3) is 0 Å². The molecule has 0 bridgehead atoms. The molecular weight excluding hydrogens is 456 g/mol. The fourth-order valence-electron chi connectivity index (χ4n) is 2.52. The smallest absolute Gasteiger partial charge is 0.275 e. The van der Waals surface area contributed by atoms with Crippen molar-refractivity contribution in [2.24, 2.45) is 5.10 Å². The Labute approximate surface area is 182 Å². The number of halogens is 2. The summed E-state index contributed by atoms with van der Waals surface area (Å²) in [4.78, 5) is 12.6. The van der Waals surface area contributed by atoms with Crippen molar-refractivity contribution >= 4 is 39.7 Å². The summed E-state index contributed by atoms with van der Waals surface area (Å²) in [5.41, 5.74) is 4.51. The highest BCUT2D eigenvalue weighted by Gasteiger charge is 2.12. The predicted molar refractivity (Wildman–Crippen MR) is 118 cm³/mol. The van der Waals surface area contributed by atoms with Crippen molar-refractivity contribution < 1.29 is 14.3 Å². The number of amides is 1. The molecule has 0 aliphatic heterocycles. The Balaban J connectivity index is 1.69. The predicted octanol–water partition coefficient (Wildman–Crippen LogP) is 5.45. The molecule has 7 heteroatoms. The first-order chi connectivity index (χ1) is 14.1. The van der Waals surface area contributed by atoms with Crippen molar-refractivity contribution in [3.05, 3.63) is 92.9 Å². The number of carbonyl (C=O) groups is 1. The zero-order valence-electron chi connectivity index (χ0n) is 15.6. The van der Waals surface area contributed by atoms with E-state index in [1.165, 1.54) is 6.21 Å². The molecule has 0 heterocycles. The lowest BCUT2D eigenvalue weighted by molar-refractivity contribution is 0.0950. The van der Waals surface area contributed by atoms with Gasteiger partial charge in [-0.1, -0.05) is 57.9 Å². The van der Waals surface area contributed by atoms with Gasteiger partial charge in [-0.2, -0.15) is 5.10 Å². The highest BCUT2D eigenvalue weighted by atomic mass is 79.9. The SMILES string of the molecule is COc1ccc(Br)c(/C=N/NC(=O)c2ccccc2OCc2ccccc2Cl)c1. The molecule has 0 radical (unpaired) electrons. The fourth-order valence-corrected chi connectivity index (χ4v) is 3.06. The summed E-state index contributed by atoms with van der Waals surface area (Å²) >= 11 is 9.60. The van der Waals surface area contributed by atoms with E-state index in [9.17, 15) is 4.79 Å². The maximum atomic E-state index is 12.6. The van der Waals surface area contributed by atoms with Gasteiger partial charge in [0.1, 0.15) is 18.1 Å². The number of carbonyl (C=O) groups excluding carboxylic acids is 1. The van der Waals surface area contributed by atoms with Crippen molar-refractivity contribution in [1.29, 1.82) is 0 Å². The first-order valence-corrected chi connectivity index (χ1v) is 9.87. The minimum absolute atomic E-state index is 0.254.